The number of carboxylic acid groups (broad SMARTS) is 2. The first-order valence-corrected chi connectivity index (χ1v) is 14.7. The third kappa shape index (κ3) is 11.2. The van der Waals surface area contributed by atoms with Crippen molar-refractivity contribution in [2.45, 2.75) is 56.2 Å². The molecule has 0 spiro atoms. The lowest BCUT2D eigenvalue weighted by atomic mass is 10.1. The molecule has 0 aliphatic carbocycles. The van der Waals surface area contributed by atoms with E-state index >= 15 is 0 Å². The van der Waals surface area contributed by atoms with E-state index in [1.165, 1.54) is 40.3 Å². The number of amides is 2. The molecule has 6 N–H and O–H groups in total. The van der Waals surface area contributed by atoms with Gasteiger partial charge in [0.1, 0.15) is 17.9 Å². The molecule has 234 valence electrons. The number of nitrogens with zero attached hydrogens (tertiary/aromatic N) is 4. The van der Waals surface area contributed by atoms with Gasteiger partial charge in [-0.3, -0.25) is 14.4 Å². The third-order valence-electron chi connectivity index (χ3n) is 5.64. The number of carbonyl (C=O) groups excluding carboxylic acids is 3. The molecule has 0 aliphatic rings. The maximum atomic E-state index is 13.5. The van der Waals surface area contributed by atoms with Crippen LogP contribution in [-0.2, 0) is 24.0 Å². The van der Waals surface area contributed by atoms with E-state index in [9.17, 15) is 44.4 Å². The number of rotatable bonds is 17. The predicted molar refractivity (Wildman–Crippen MR) is 154 cm³/mol. The number of thioether (sulfide) groups is 2. The van der Waals surface area contributed by atoms with Crippen molar-refractivity contribution >= 4 is 53.1 Å². The molecule has 0 fully saturated rings. The summed E-state index contributed by atoms with van der Waals surface area (Å²) >= 11 is 2.06. The Balaban J connectivity index is 2.35. The van der Waals surface area contributed by atoms with Crippen LogP contribution in [0.25, 0.3) is 0 Å². The number of ether oxygens (including phenoxy) is 1. The maximum absolute atomic E-state index is 13.5. The second kappa shape index (κ2) is 16.4. The predicted octanol–water partition coefficient (Wildman–Crippen LogP) is 0.772. The van der Waals surface area contributed by atoms with Crippen molar-refractivity contribution in [2.75, 3.05) is 18.6 Å². The van der Waals surface area contributed by atoms with Gasteiger partial charge < -0.3 is 35.8 Å². The van der Waals surface area contributed by atoms with Gasteiger partial charge in [-0.05, 0) is 6.92 Å². The van der Waals surface area contributed by atoms with Crippen molar-refractivity contribution in [1.82, 2.24) is 30.6 Å². The van der Waals surface area contributed by atoms with E-state index in [0.29, 0.717) is 0 Å². The fourth-order valence-corrected chi connectivity index (χ4v) is 6.06. The maximum Gasteiger partial charge on any atom is 0.327 e. The average molecular weight is 641 g/mol. The van der Waals surface area contributed by atoms with Crippen LogP contribution in [0.4, 0.5) is 0 Å². The molecule has 18 heteroatoms. The van der Waals surface area contributed by atoms with Crippen LogP contribution in [0.15, 0.2) is 12.4 Å². The van der Waals surface area contributed by atoms with Gasteiger partial charge in [-0.2, -0.15) is 0 Å². The summed E-state index contributed by atoms with van der Waals surface area (Å²) in [6.45, 7) is 3.85. The summed E-state index contributed by atoms with van der Waals surface area (Å²) in [6, 6.07) is -2.52. The number of carbonyl (C=O) groups is 5. The van der Waals surface area contributed by atoms with Crippen molar-refractivity contribution in [2.24, 2.45) is 0 Å². The zero-order chi connectivity index (χ0) is 32.3. The fourth-order valence-electron chi connectivity index (χ4n) is 3.58. The summed E-state index contributed by atoms with van der Waals surface area (Å²) in [5.41, 5.74) is 0.665. The zero-order valence-corrected chi connectivity index (χ0v) is 25.3. The Labute approximate surface area is 254 Å². The second-order valence-corrected chi connectivity index (χ2v) is 11.6. The molecule has 43 heavy (non-hydrogen) atoms. The van der Waals surface area contributed by atoms with Gasteiger partial charge in [0.25, 0.3) is 11.8 Å². The van der Waals surface area contributed by atoms with Crippen LogP contribution in [0, 0.1) is 6.92 Å². The van der Waals surface area contributed by atoms with Crippen LogP contribution < -0.4 is 15.4 Å². The Kier molecular flexibility index (Phi) is 13.4. The van der Waals surface area contributed by atoms with Crippen molar-refractivity contribution < 1.29 is 49.1 Å². The number of aromatic hydroxyl groups is 2. The number of methoxy groups -OCH3 is 1. The van der Waals surface area contributed by atoms with Gasteiger partial charge in [0, 0.05) is 38.2 Å². The van der Waals surface area contributed by atoms with Crippen LogP contribution in [0.5, 0.6) is 17.6 Å². The van der Waals surface area contributed by atoms with Crippen molar-refractivity contribution in [3.8, 4) is 17.6 Å². The van der Waals surface area contributed by atoms with Gasteiger partial charge in [-0.1, -0.05) is 0 Å². The minimum Gasteiger partial charge on any atom is -0.492 e. The van der Waals surface area contributed by atoms with Crippen molar-refractivity contribution in [3.05, 3.63) is 29.5 Å². The molecule has 0 bridgehead atoms. The smallest absolute Gasteiger partial charge is 0.327 e. The number of Topliss-reactive ketones (excluding diaryl/α,β-unsaturated/α-hetero) is 1. The molecular weight excluding hydrogens is 608 g/mol. The van der Waals surface area contributed by atoms with Crippen LogP contribution in [0.2, 0.25) is 0 Å². The normalized spacial score (nSPS) is 13.7. The lowest BCUT2D eigenvalue weighted by Crippen LogP contribution is -2.41. The van der Waals surface area contributed by atoms with Gasteiger partial charge in [0.15, 0.2) is 0 Å². The highest BCUT2D eigenvalue weighted by Gasteiger charge is 2.29. The first kappa shape index (κ1) is 35.0. The molecule has 4 atom stereocenters. The quantitative estimate of drug-likeness (QED) is 0.140. The SMILES string of the molecule is COc1nc(C(CC(=O)CC(SC[C@H](NC(C)=O)C(=O)O)c2cnc(O)c(C)n2)SC[C@H](NC(C)=O)C(=O)O)cnc1O. The zero-order valence-electron chi connectivity index (χ0n) is 23.6. The molecular formula is C25H32N6O10S2. The highest BCUT2D eigenvalue weighted by molar-refractivity contribution is 7.99. The van der Waals surface area contributed by atoms with Gasteiger partial charge in [0.05, 0.1) is 47.1 Å². The first-order chi connectivity index (χ1) is 20.2. The molecule has 2 unspecified atom stereocenters. The van der Waals surface area contributed by atoms with Gasteiger partial charge in [0.2, 0.25) is 17.7 Å². The molecule has 0 radical (unpaired) electrons. The van der Waals surface area contributed by atoms with E-state index in [1.807, 2.05) is 0 Å². The minimum atomic E-state index is -1.29. The van der Waals surface area contributed by atoms with Crippen LogP contribution >= 0.6 is 23.5 Å². The van der Waals surface area contributed by atoms with Crippen LogP contribution in [-0.4, -0.2) is 101 Å². The van der Waals surface area contributed by atoms with Gasteiger partial charge >= 0.3 is 11.9 Å². The molecule has 2 amide bonds. The summed E-state index contributed by atoms with van der Waals surface area (Å²) < 4.78 is 5.02. The number of aliphatic carboxylic acids is 2. The summed E-state index contributed by atoms with van der Waals surface area (Å²) in [7, 11) is 1.26. The molecule has 0 aromatic carbocycles. The Morgan fingerprint density at radius 2 is 1.26 bits per heavy atom. The summed E-state index contributed by atoms with van der Waals surface area (Å²) in [4.78, 5) is 75.9. The second-order valence-electron chi connectivity index (χ2n) is 9.11. The fraction of sp³-hybridized carbons (Fsp3) is 0.480. The van der Waals surface area contributed by atoms with E-state index in [0.717, 1.165) is 23.5 Å². The lowest BCUT2D eigenvalue weighted by Gasteiger charge is -2.22. The number of aryl methyl sites for hydroxylation is 1. The number of nitrogens with one attached hydrogen (secondary N) is 2. The molecule has 0 saturated carbocycles. The van der Waals surface area contributed by atoms with Crippen molar-refractivity contribution in [3.63, 3.8) is 0 Å². The monoisotopic (exact) mass is 640 g/mol. The minimum absolute atomic E-state index is 0.121. The van der Waals surface area contributed by atoms with Gasteiger partial charge in [-0.25, -0.2) is 29.5 Å². The summed E-state index contributed by atoms with van der Waals surface area (Å²) in [5, 5.41) is 41.8. The number of ketones is 1. The molecule has 16 nitrogen and oxygen atoms in total. The molecule has 2 rings (SSSR count). The molecule has 0 saturated heterocycles. The highest BCUT2D eigenvalue weighted by atomic mass is 32.2. The van der Waals surface area contributed by atoms with E-state index in [-0.39, 0.29) is 59.0 Å². The Hall–Kier alpha value is -4.19. The van der Waals surface area contributed by atoms with E-state index in [1.54, 1.807) is 0 Å². The molecule has 0 aliphatic heterocycles. The standard InChI is InChI=1S/C25H32N6O10S2/c1-11-21(35)26-7-15(28-11)19(42-9-17(24(37)38)29-12(2)32)5-14(34)6-20(16-8-27-22(36)23(31-16)41-4)43-10-18(25(39)40)30-13(3)33/h7-8,17-20H,5-6,9-10H2,1-4H3,(H,26,35)(H,27,36)(H,29,32)(H,30,33)(H,37,38)(H,39,40)/t17-,18-,19?,20?/m0/s1. The largest absolute Gasteiger partial charge is 0.492 e. The first-order valence-electron chi connectivity index (χ1n) is 12.6. The number of hydrogen-bond donors (Lipinski definition) is 6. The van der Waals surface area contributed by atoms with E-state index < -0.39 is 52.2 Å². The third-order valence-corrected chi connectivity index (χ3v) is 8.31. The molecule has 2 heterocycles. The van der Waals surface area contributed by atoms with Crippen molar-refractivity contribution in [1.29, 1.82) is 0 Å². The summed E-state index contributed by atoms with van der Waals surface area (Å²) in [5.74, 6) is -5.32. The van der Waals surface area contributed by atoms with E-state index in [4.69, 9.17) is 4.74 Å². The Morgan fingerprint density at radius 1 is 0.814 bits per heavy atom. The molecule has 2 aromatic rings. The highest BCUT2D eigenvalue weighted by Crippen LogP contribution is 2.37. The molecule has 2 aromatic heterocycles. The number of hydrogen-bond acceptors (Lipinski definition) is 14. The Bertz CT molecular complexity index is 1350. The topological polar surface area (TPSA) is 251 Å². The van der Waals surface area contributed by atoms with Crippen LogP contribution in [0.1, 0.15) is 54.3 Å². The van der Waals surface area contributed by atoms with Crippen LogP contribution in [0.3, 0.4) is 0 Å². The van der Waals surface area contributed by atoms with E-state index in [2.05, 4.69) is 30.6 Å². The van der Waals surface area contributed by atoms with Gasteiger partial charge in [-0.15, -0.1) is 23.5 Å². The lowest BCUT2D eigenvalue weighted by molar-refractivity contribution is -0.141. The average Bonchev–Trinajstić information content (AvgIpc) is 2.92. The number of aromatic nitrogens is 4. The summed E-state index contributed by atoms with van der Waals surface area (Å²) in [6.07, 6.45) is 2.07. The number of carboxylic acids is 2. The Morgan fingerprint density at radius 3 is 1.65 bits per heavy atom.